The molecule has 0 aromatic rings. The smallest absolute Gasteiger partial charge is 0.239 e. The topological polar surface area (TPSA) is 69.2 Å². The highest BCUT2D eigenvalue weighted by molar-refractivity contribution is 9.10. The first-order valence-electron chi connectivity index (χ1n) is 6.96. The fourth-order valence-electron chi connectivity index (χ4n) is 1.73. The quantitative estimate of drug-likeness (QED) is 0.528. The van der Waals surface area contributed by atoms with Gasteiger partial charge in [-0.05, 0) is 13.8 Å². The summed E-state index contributed by atoms with van der Waals surface area (Å²) < 4.78 is 9.88. The Labute approximate surface area is 134 Å². The lowest BCUT2D eigenvalue weighted by Crippen LogP contribution is -2.44. The van der Waals surface area contributed by atoms with E-state index < -0.39 is 10.6 Å². The van der Waals surface area contributed by atoms with Crippen LogP contribution in [0.25, 0.3) is 0 Å². The van der Waals surface area contributed by atoms with E-state index in [-0.39, 0.29) is 11.3 Å². The molecule has 6 nitrogen and oxygen atoms in total. The molecule has 1 aliphatic rings. The molecule has 1 rings (SSSR count). The van der Waals surface area contributed by atoms with Crippen LogP contribution in [0.1, 0.15) is 34.1 Å². The number of ether oxygens (including phenoxy) is 2. The molecule has 0 aromatic heterocycles. The number of nitrogens with zero attached hydrogens (tertiary/aromatic N) is 1. The number of methoxy groups -OCH3 is 1. The van der Waals surface area contributed by atoms with Gasteiger partial charge in [0.2, 0.25) is 12.1 Å². The monoisotopic (exact) mass is 364 g/mol. The molecule has 0 saturated carbocycles. The van der Waals surface area contributed by atoms with E-state index in [0.29, 0.717) is 26.2 Å². The molecule has 122 valence electrons. The number of oxime groups is 1. The van der Waals surface area contributed by atoms with Gasteiger partial charge in [-0.2, -0.15) is 0 Å². The third-order valence-corrected chi connectivity index (χ3v) is 3.54. The average molecular weight is 365 g/mol. The minimum atomic E-state index is -0.627. The van der Waals surface area contributed by atoms with E-state index >= 15 is 0 Å². The maximum Gasteiger partial charge on any atom is 0.239 e. The Bertz CT molecular complexity index is 391. The Morgan fingerprint density at radius 1 is 1.43 bits per heavy atom. The van der Waals surface area contributed by atoms with E-state index in [0.717, 1.165) is 5.71 Å². The SMILES string of the molecule is COCCOCC(C)(C)C1=NOC(NC(=O)C(C)(C)Br)C1. The first-order chi connectivity index (χ1) is 9.66. The Morgan fingerprint density at radius 3 is 2.67 bits per heavy atom. The number of rotatable bonds is 8. The molecule has 1 amide bonds. The largest absolute Gasteiger partial charge is 0.382 e. The average Bonchev–Trinajstić information content (AvgIpc) is 2.83. The summed E-state index contributed by atoms with van der Waals surface area (Å²) in [6.45, 7) is 9.30. The van der Waals surface area contributed by atoms with Crippen molar-refractivity contribution < 1.29 is 19.1 Å². The van der Waals surface area contributed by atoms with Crippen molar-refractivity contribution in [2.24, 2.45) is 10.6 Å². The summed E-state index contributed by atoms with van der Waals surface area (Å²) in [7, 11) is 1.64. The van der Waals surface area contributed by atoms with Gasteiger partial charge >= 0.3 is 0 Å². The summed E-state index contributed by atoms with van der Waals surface area (Å²) in [4.78, 5) is 17.2. The van der Waals surface area contributed by atoms with Crippen molar-refractivity contribution in [3.63, 3.8) is 0 Å². The van der Waals surface area contributed by atoms with Gasteiger partial charge in [0.15, 0.2) is 0 Å². The van der Waals surface area contributed by atoms with Crippen LogP contribution in [0.5, 0.6) is 0 Å². The molecule has 0 radical (unpaired) electrons. The van der Waals surface area contributed by atoms with E-state index in [2.05, 4.69) is 26.4 Å². The first kappa shape index (κ1) is 18.4. The van der Waals surface area contributed by atoms with Gasteiger partial charge in [0.1, 0.15) is 0 Å². The van der Waals surface area contributed by atoms with Gasteiger partial charge in [0, 0.05) is 18.9 Å². The lowest BCUT2D eigenvalue weighted by atomic mass is 9.86. The Morgan fingerprint density at radius 2 is 2.10 bits per heavy atom. The molecule has 0 fully saturated rings. The van der Waals surface area contributed by atoms with Gasteiger partial charge in [-0.25, -0.2) is 0 Å². The molecule has 1 unspecified atom stereocenters. The molecule has 0 aliphatic carbocycles. The molecule has 21 heavy (non-hydrogen) atoms. The van der Waals surface area contributed by atoms with Crippen LogP contribution in [0.2, 0.25) is 0 Å². The fourth-order valence-corrected chi connectivity index (χ4v) is 1.84. The molecule has 7 heteroatoms. The van der Waals surface area contributed by atoms with Crippen molar-refractivity contribution in [1.29, 1.82) is 0 Å². The fraction of sp³-hybridized carbons (Fsp3) is 0.857. The maximum atomic E-state index is 11.9. The molecule has 0 aromatic carbocycles. The van der Waals surface area contributed by atoms with E-state index in [1.54, 1.807) is 21.0 Å². The highest BCUT2D eigenvalue weighted by Gasteiger charge is 2.35. The van der Waals surface area contributed by atoms with Crippen LogP contribution in [0, 0.1) is 5.41 Å². The molecular formula is C14H25BrN2O4. The second-order valence-electron chi connectivity index (χ2n) is 6.21. The van der Waals surface area contributed by atoms with Crippen LogP contribution in [-0.2, 0) is 19.1 Å². The number of nitrogens with one attached hydrogen (secondary N) is 1. The first-order valence-corrected chi connectivity index (χ1v) is 7.76. The summed E-state index contributed by atoms with van der Waals surface area (Å²) in [6.07, 6.45) is 0.151. The third-order valence-electron chi connectivity index (χ3n) is 3.18. The Balaban J connectivity index is 2.43. The van der Waals surface area contributed by atoms with Gasteiger partial charge in [-0.3, -0.25) is 4.79 Å². The maximum absolute atomic E-state index is 11.9. The van der Waals surface area contributed by atoms with Crippen LogP contribution < -0.4 is 5.32 Å². The summed E-state index contributed by atoms with van der Waals surface area (Å²) in [5.74, 6) is -0.127. The number of hydrogen-bond acceptors (Lipinski definition) is 5. The van der Waals surface area contributed by atoms with Crippen LogP contribution in [0.3, 0.4) is 0 Å². The van der Waals surface area contributed by atoms with Crippen LogP contribution in [0.4, 0.5) is 0 Å². The minimum Gasteiger partial charge on any atom is -0.382 e. The zero-order valence-electron chi connectivity index (χ0n) is 13.4. The van der Waals surface area contributed by atoms with Crippen molar-refractivity contribution in [3.05, 3.63) is 0 Å². The van der Waals surface area contributed by atoms with E-state index in [1.165, 1.54) is 0 Å². The summed E-state index contributed by atoms with van der Waals surface area (Å²) >= 11 is 3.32. The van der Waals surface area contributed by atoms with Crippen LogP contribution >= 0.6 is 15.9 Å². The molecule has 0 spiro atoms. The predicted octanol–water partition coefficient (Wildman–Crippen LogP) is 2.07. The Kier molecular flexibility index (Phi) is 6.62. The number of carbonyl (C=O) groups is 1. The van der Waals surface area contributed by atoms with Crippen LogP contribution in [0.15, 0.2) is 5.16 Å². The highest BCUT2D eigenvalue weighted by Crippen LogP contribution is 2.26. The standard InChI is InChI=1S/C14H25BrN2O4/c1-13(2,9-20-7-6-19-5)10-8-11(21-17-10)16-12(18)14(3,4)15/h11H,6-9H2,1-5H3,(H,16,18). The second-order valence-corrected chi connectivity index (χ2v) is 8.19. The second kappa shape index (κ2) is 7.56. The number of carbonyl (C=O) groups excluding carboxylic acids is 1. The zero-order chi connectivity index (χ0) is 16.1. The van der Waals surface area contributed by atoms with Crippen molar-refractivity contribution in [2.75, 3.05) is 26.9 Å². The lowest BCUT2D eigenvalue weighted by molar-refractivity contribution is -0.126. The molecular weight excluding hydrogens is 340 g/mol. The molecule has 1 atom stereocenters. The van der Waals surface area contributed by atoms with Crippen molar-refractivity contribution in [1.82, 2.24) is 5.32 Å². The molecule has 1 aliphatic heterocycles. The summed E-state index contributed by atoms with van der Waals surface area (Å²) in [5.41, 5.74) is 0.648. The van der Waals surface area contributed by atoms with Crippen molar-refractivity contribution in [2.45, 2.75) is 44.7 Å². The van der Waals surface area contributed by atoms with Crippen molar-refractivity contribution in [3.8, 4) is 0 Å². The number of hydrogen-bond donors (Lipinski definition) is 1. The number of amides is 1. The van der Waals surface area contributed by atoms with Gasteiger partial charge in [0.05, 0.1) is 29.9 Å². The van der Waals surface area contributed by atoms with Gasteiger partial charge in [-0.15, -0.1) is 0 Å². The number of alkyl halides is 1. The normalized spacial score (nSPS) is 19.1. The molecule has 1 heterocycles. The zero-order valence-corrected chi connectivity index (χ0v) is 14.9. The predicted molar refractivity (Wildman–Crippen MR) is 84.5 cm³/mol. The molecule has 0 bridgehead atoms. The Hall–Kier alpha value is -0.660. The highest BCUT2D eigenvalue weighted by atomic mass is 79.9. The van der Waals surface area contributed by atoms with E-state index in [9.17, 15) is 4.79 Å². The number of halogens is 1. The summed E-state index contributed by atoms with van der Waals surface area (Å²) in [5, 5.41) is 6.91. The third kappa shape index (κ3) is 5.92. The molecule has 1 N–H and O–H groups in total. The van der Waals surface area contributed by atoms with Gasteiger partial charge in [-0.1, -0.05) is 34.9 Å². The van der Waals surface area contributed by atoms with E-state index in [1.807, 2.05) is 13.8 Å². The van der Waals surface area contributed by atoms with Crippen LogP contribution in [-0.4, -0.2) is 49.1 Å². The lowest BCUT2D eigenvalue weighted by Gasteiger charge is -2.24. The van der Waals surface area contributed by atoms with E-state index in [4.69, 9.17) is 14.3 Å². The minimum absolute atomic E-state index is 0.127. The van der Waals surface area contributed by atoms with Gasteiger partial charge < -0.3 is 19.6 Å². The van der Waals surface area contributed by atoms with Gasteiger partial charge in [0.25, 0.3) is 0 Å². The van der Waals surface area contributed by atoms with Crippen molar-refractivity contribution >= 4 is 27.5 Å². The summed E-state index contributed by atoms with van der Waals surface area (Å²) in [6, 6.07) is 0. The molecule has 0 saturated heterocycles.